The predicted octanol–water partition coefficient (Wildman–Crippen LogP) is 3.12. The molecule has 4 aliphatic carbocycles. The second-order valence-corrected chi connectivity index (χ2v) is 8.90. The van der Waals surface area contributed by atoms with Gasteiger partial charge in [0, 0.05) is 49.9 Å². The molecule has 0 amide bonds. The van der Waals surface area contributed by atoms with Crippen LogP contribution in [-0.4, -0.2) is 51.9 Å². The van der Waals surface area contributed by atoms with Crippen LogP contribution in [0.5, 0.6) is 0 Å². The molecule has 0 spiro atoms. The fraction of sp³-hybridized carbons (Fsp3) is 0.810. The average molecular weight is 343 g/mol. The molecule has 4 fully saturated rings. The standard InChI is InChI=1S/C21H30N2O2/c24-21(25)18-7-4-12-23(18)17-6-3-5-16-15-9-8-14(20(16)17)13-19(15)22-10-1-2-11-22/h13-16,18,20H,1-12H2/p+1/t14-,15-,16+,18+,20-/m1/s1. The molecule has 0 aromatic carbocycles. The molecular weight excluding hydrogens is 312 g/mol. The number of nitrogens with zero attached hydrogens (tertiary/aromatic N) is 2. The Morgan fingerprint density at radius 1 is 1.08 bits per heavy atom. The van der Waals surface area contributed by atoms with E-state index in [0.717, 1.165) is 37.6 Å². The van der Waals surface area contributed by atoms with E-state index < -0.39 is 5.97 Å². The third-order valence-electron chi connectivity index (χ3n) is 7.75. The molecule has 0 unspecified atom stereocenters. The van der Waals surface area contributed by atoms with Crippen molar-refractivity contribution in [1.82, 2.24) is 4.90 Å². The van der Waals surface area contributed by atoms with Crippen LogP contribution in [0.1, 0.15) is 57.8 Å². The van der Waals surface area contributed by atoms with Crippen molar-refractivity contribution in [3.05, 3.63) is 11.8 Å². The summed E-state index contributed by atoms with van der Waals surface area (Å²) < 4.78 is 2.32. The van der Waals surface area contributed by atoms with E-state index in [9.17, 15) is 9.90 Å². The van der Waals surface area contributed by atoms with Crippen LogP contribution in [0.25, 0.3) is 0 Å². The number of rotatable bonds is 2. The van der Waals surface area contributed by atoms with Crippen molar-refractivity contribution in [2.24, 2.45) is 23.7 Å². The first-order chi connectivity index (χ1) is 12.2. The van der Waals surface area contributed by atoms with Gasteiger partial charge in [-0.15, -0.1) is 0 Å². The predicted molar refractivity (Wildman–Crippen MR) is 96.7 cm³/mol. The number of aliphatic carboxylic acids is 1. The number of carboxylic acids is 1. The number of carbonyl (C=O) groups is 1. The van der Waals surface area contributed by atoms with E-state index >= 15 is 0 Å². The molecule has 6 rings (SSSR count). The summed E-state index contributed by atoms with van der Waals surface area (Å²) in [4.78, 5) is 14.4. The molecular formula is C21H31N2O2+. The summed E-state index contributed by atoms with van der Waals surface area (Å²) in [6.07, 6.45) is 13.6. The summed E-state index contributed by atoms with van der Waals surface area (Å²) >= 11 is 0. The SMILES string of the molecule is O=C(O)[C@@H]1CCC[N+]1=C1CCC[C@@H]2[C@H]1[C@H]1C=C(N3CCCC3)[C@@H]2CC1. The van der Waals surface area contributed by atoms with Crippen molar-refractivity contribution < 1.29 is 14.5 Å². The highest BCUT2D eigenvalue weighted by Crippen LogP contribution is 2.54. The van der Waals surface area contributed by atoms with Gasteiger partial charge in [-0.1, -0.05) is 6.08 Å². The lowest BCUT2D eigenvalue weighted by molar-refractivity contribution is -0.537. The zero-order chi connectivity index (χ0) is 17.0. The topological polar surface area (TPSA) is 43.5 Å². The number of allylic oxidation sites excluding steroid dienone is 2. The molecule has 0 radical (unpaired) electrons. The van der Waals surface area contributed by atoms with Crippen molar-refractivity contribution >= 4 is 11.7 Å². The smallest absolute Gasteiger partial charge is 0.372 e. The van der Waals surface area contributed by atoms with Crippen molar-refractivity contribution in [2.75, 3.05) is 19.6 Å². The van der Waals surface area contributed by atoms with Crippen LogP contribution in [0, 0.1) is 23.7 Å². The third-order valence-corrected chi connectivity index (χ3v) is 7.75. The van der Waals surface area contributed by atoms with Gasteiger partial charge >= 0.3 is 5.97 Å². The highest BCUT2D eigenvalue weighted by atomic mass is 16.4. The number of likely N-dealkylation sites (tertiary alicyclic amines) is 1. The Morgan fingerprint density at radius 3 is 2.72 bits per heavy atom. The van der Waals surface area contributed by atoms with Gasteiger partial charge in [0.05, 0.1) is 0 Å². The number of fused-ring (bicyclic) bond motifs is 1. The zero-order valence-corrected chi connectivity index (χ0v) is 15.2. The minimum absolute atomic E-state index is 0.253. The molecule has 2 aliphatic heterocycles. The van der Waals surface area contributed by atoms with Gasteiger partial charge in [0.25, 0.3) is 0 Å². The molecule has 1 N–H and O–H groups in total. The van der Waals surface area contributed by atoms with Crippen molar-refractivity contribution in [3.8, 4) is 0 Å². The third kappa shape index (κ3) is 2.47. The maximum absolute atomic E-state index is 11.7. The van der Waals surface area contributed by atoms with Crippen LogP contribution >= 0.6 is 0 Å². The summed E-state index contributed by atoms with van der Waals surface area (Å²) in [7, 11) is 0. The van der Waals surface area contributed by atoms with Crippen molar-refractivity contribution in [2.45, 2.75) is 63.8 Å². The molecule has 4 nitrogen and oxygen atoms in total. The second-order valence-electron chi connectivity index (χ2n) is 8.90. The van der Waals surface area contributed by atoms with Gasteiger partial charge in [0.15, 0.2) is 5.71 Å². The summed E-state index contributed by atoms with van der Waals surface area (Å²) in [5.74, 6) is 2.21. The molecule has 2 saturated heterocycles. The van der Waals surface area contributed by atoms with Gasteiger partial charge < -0.3 is 10.0 Å². The Morgan fingerprint density at radius 2 is 1.92 bits per heavy atom. The summed E-state index contributed by atoms with van der Waals surface area (Å²) in [5, 5.41) is 9.65. The number of hydrogen-bond donors (Lipinski definition) is 1. The van der Waals surface area contributed by atoms with E-state index in [4.69, 9.17) is 0 Å². The zero-order valence-electron chi connectivity index (χ0n) is 15.2. The van der Waals surface area contributed by atoms with Crippen molar-refractivity contribution in [3.63, 3.8) is 0 Å². The Labute approximate surface area is 150 Å². The Bertz CT molecular complexity index is 632. The molecule has 2 bridgehead atoms. The lowest BCUT2D eigenvalue weighted by Crippen LogP contribution is -2.51. The largest absolute Gasteiger partial charge is 0.476 e. The molecule has 25 heavy (non-hydrogen) atoms. The minimum atomic E-state index is -0.610. The molecule has 0 aromatic heterocycles. The molecule has 5 atom stereocenters. The minimum Gasteiger partial charge on any atom is -0.476 e. The van der Waals surface area contributed by atoms with Gasteiger partial charge in [-0.2, -0.15) is 0 Å². The van der Waals surface area contributed by atoms with Crippen LogP contribution in [-0.2, 0) is 4.79 Å². The van der Waals surface area contributed by atoms with Crippen LogP contribution in [0.4, 0.5) is 0 Å². The Kier molecular flexibility index (Phi) is 3.90. The van der Waals surface area contributed by atoms with E-state index in [1.165, 1.54) is 57.3 Å². The van der Waals surface area contributed by atoms with E-state index in [1.54, 1.807) is 5.70 Å². The van der Waals surface area contributed by atoms with E-state index in [-0.39, 0.29) is 6.04 Å². The molecule has 136 valence electrons. The fourth-order valence-electron chi connectivity index (χ4n) is 6.81. The van der Waals surface area contributed by atoms with E-state index in [2.05, 4.69) is 15.6 Å². The van der Waals surface area contributed by atoms with E-state index in [1.807, 2.05) is 0 Å². The lowest BCUT2D eigenvalue weighted by Gasteiger charge is -2.51. The summed E-state index contributed by atoms with van der Waals surface area (Å²) in [5.41, 5.74) is 3.19. The first-order valence-corrected chi connectivity index (χ1v) is 10.6. The summed E-state index contributed by atoms with van der Waals surface area (Å²) in [6.45, 7) is 3.49. The fourth-order valence-corrected chi connectivity index (χ4v) is 6.81. The van der Waals surface area contributed by atoms with Crippen LogP contribution < -0.4 is 0 Å². The average Bonchev–Trinajstić information content (AvgIpc) is 3.33. The van der Waals surface area contributed by atoms with Gasteiger partial charge in [-0.05, 0) is 50.4 Å². The summed E-state index contributed by atoms with van der Waals surface area (Å²) in [6, 6.07) is -0.253. The van der Waals surface area contributed by atoms with Crippen LogP contribution in [0.2, 0.25) is 0 Å². The molecule has 2 saturated carbocycles. The highest BCUT2D eigenvalue weighted by molar-refractivity contribution is 5.86. The van der Waals surface area contributed by atoms with Gasteiger partial charge in [0.2, 0.25) is 6.04 Å². The van der Waals surface area contributed by atoms with E-state index in [0.29, 0.717) is 11.8 Å². The molecule has 6 aliphatic rings. The number of hydrogen-bond acceptors (Lipinski definition) is 2. The maximum atomic E-state index is 11.7. The maximum Gasteiger partial charge on any atom is 0.372 e. The molecule has 0 aromatic rings. The quantitative estimate of drug-likeness (QED) is 0.784. The highest BCUT2D eigenvalue weighted by Gasteiger charge is 2.52. The van der Waals surface area contributed by atoms with Gasteiger partial charge in [-0.25, -0.2) is 9.37 Å². The first kappa shape index (κ1) is 15.9. The normalized spacial score (nSPS) is 43.3. The first-order valence-electron chi connectivity index (χ1n) is 10.6. The van der Waals surface area contributed by atoms with Crippen LogP contribution in [0.3, 0.4) is 0 Å². The van der Waals surface area contributed by atoms with Crippen molar-refractivity contribution in [1.29, 1.82) is 0 Å². The monoisotopic (exact) mass is 343 g/mol. The van der Waals surface area contributed by atoms with Gasteiger partial charge in [-0.3, -0.25) is 0 Å². The van der Waals surface area contributed by atoms with Gasteiger partial charge in [0.1, 0.15) is 6.54 Å². The number of carboxylic acid groups (broad SMARTS) is 1. The van der Waals surface area contributed by atoms with Crippen LogP contribution in [0.15, 0.2) is 11.8 Å². The Balaban J connectivity index is 1.51. The Hall–Kier alpha value is -1.32. The lowest BCUT2D eigenvalue weighted by atomic mass is 9.55. The molecule has 4 heteroatoms. The molecule has 2 heterocycles. The second kappa shape index (κ2) is 6.14.